The highest BCUT2D eigenvalue weighted by Crippen LogP contribution is 2.49. The van der Waals surface area contributed by atoms with E-state index in [2.05, 4.69) is 0 Å². The largest absolute Gasteiger partial charge is 0.501 e. The van der Waals surface area contributed by atoms with Crippen molar-refractivity contribution in [2.24, 2.45) is 17.8 Å². The maximum atomic E-state index is 12.1. The van der Waals surface area contributed by atoms with Crippen molar-refractivity contribution >= 4 is 5.78 Å². The zero-order valence-corrected chi connectivity index (χ0v) is 9.78. The van der Waals surface area contributed by atoms with Gasteiger partial charge in [-0.1, -0.05) is 6.42 Å². The first kappa shape index (κ1) is 10.4. The van der Waals surface area contributed by atoms with Gasteiger partial charge in [0, 0.05) is 12.0 Å². The van der Waals surface area contributed by atoms with Crippen LogP contribution in [0.25, 0.3) is 0 Å². The third-order valence-corrected chi connectivity index (χ3v) is 4.62. The predicted molar refractivity (Wildman–Crippen MR) is 61.8 cm³/mol. The minimum Gasteiger partial charge on any atom is -0.501 e. The Hall–Kier alpha value is -0.790. The molecule has 0 spiro atoms. The summed E-state index contributed by atoms with van der Waals surface area (Å²) >= 11 is 0. The van der Waals surface area contributed by atoms with E-state index < -0.39 is 0 Å². The van der Waals surface area contributed by atoms with Gasteiger partial charge in [-0.3, -0.25) is 4.79 Å². The summed E-state index contributed by atoms with van der Waals surface area (Å²) in [4.78, 5) is 12.1. The smallest absolute Gasteiger partial charge is 0.162 e. The number of carbonyl (C=O) groups excluding carboxylic acids is 1. The molecule has 16 heavy (non-hydrogen) atoms. The molecule has 2 fully saturated rings. The van der Waals surface area contributed by atoms with E-state index in [1.807, 2.05) is 0 Å². The van der Waals surface area contributed by atoms with Gasteiger partial charge in [0.25, 0.3) is 0 Å². The Morgan fingerprint density at radius 1 is 1.38 bits per heavy atom. The fourth-order valence-corrected chi connectivity index (χ4v) is 3.77. The Labute approximate surface area is 97.1 Å². The van der Waals surface area contributed by atoms with Crippen LogP contribution in [0.5, 0.6) is 0 Å². The average molecular weight is 220 g/mol. The van der Waals surface area contributed by atoms with Crippen LogP contribution in [0.3, 0.4) is 0 Å². The van der Waals surface area contributed by atoms with Crippen molar-refractivity contribution in [3.63, 3.8) is 0 Å². The van der Waals surface area contributed by atoms with Gasteiger partial charge in [-0.2, -0.15) is 0 Å². The van der Waals surface area contributed by atoms with E-state index in [4.69, 9.17) is 4.74 Å². The fourth-order valence-electron chi connectivity index (χ4n) is 3.77. The van der Waals surface area contributed by atoms with Gasteiger partial charge in [0.05, 0.1) is 12.9 Å². The Balaban J connectivity index is 1.58. The lowest BCUT2D eigenvalue weighted by molar-refractivity contribution is -0.117. The van der Waals surface area contributed by atoms with Gasteiger partial charge < -0.3 is 4.74 Å². The first-order valence-corrected chi connectivity index (χ1v) is 6.67. The predicted octanol–water partition coefficient (Wildman–Crippen LogP) is 3.08. The molecule has 1 heterocycles. The number of Topliss-reactive ketones (excluding diaryl/α,β-unsaturated/α-hetero) is 1. The summed E-state index contributed by atoms with van der Waals surface area (Å²) in [6, 6.07) is 0. The van der Waals surface area contributed by atoms with Gasteiger partial charge in [0.15, 0.2) is 5.78 Å². The monoisotopic (exact) mass is 220 g/mol. The number of fused-ring (bicyclic) bond motifs is 2. The van der Waals surface area contributed by atoms with Gasteiger partial charge in [0.2, 0.25) is 0 Å². The van der Waals surface area contributed by atoms with Crippen LogP contribution in [0.2, 0.25) is 0 Å². The van der Waals surface area contributed by atoms with Crippen LogP contribution < -0.4 is 0 Å². The summed E-state index contributed by atoms with van der Waals surface area (Å²) in [6.45, 7) is 0.783. The molecule has 0 aromatic heterocycles. The number of carbonyl (C=O) groups is 1. The third-order valence-electron chi connectivity index (χ3n) is 4.62. The quantitative estimate of drug-likeness (QED) is 0.730. The van der Waals surface area contributed by atoms with Crippen LogP contribution in [0.4, 0.5) is 0 Å². The lowest BCUT2D eigenvalue weighted by Gasteiger charge is -2.22. The highest BCUT2D eigenvalue weighted by atomic mass is 16.5. The Kier molecular flexibility index (Phi) is 2.74. The first-order chi connectivity index (χ1) is 7.83. The van der Waals surface area contributed by atoms with E-state index in [1.165, 1.54) is 25.7 Å². The van der Waals surface area contributed by atoms with Crippen molar-refractivity contribution in [3.05, 3.63) is 11.8 Å². The van der Waals surface area contributed by atoms with Gasteiger partial charge in [-0.15, -0.1) is 0 Å². The van der Waals surface area contributed by atoms with Gasteiger partial charge in [-0.25, -0.2) is 0 Å². The summed E-state index contributed by atoms with van der Waals surface area (Å²) in [5.41, 5.74) is 0.939. The zero-order valence-electron chi connectivity index (χ0n) is 9.78. The number of ether oxygens (including phenoxy) is 1. The SMILES string of the molecule is O=C(CC1CC2CCC1C2)C1=COCCC1. The molecular formula is C14H20O2. The molecule has 0 radical (unpaired) electrons. The molecule has 0 N–H and O–H groups in total. The van der Waals surface area contributed by atoms with Crippen molar-refractivity contribution < 1.29 is 9.53 Å². The zero-order chi connectivity index (χ0) is 11.0. The molecule has 1 aliphatic heterocycles. The lowest BCUT2D eigenvalue weighted by atomic mass is 9.83. The molecule has 3 atom stereocenters. The molecule has 0 saturated heterocycles. The standard InChI is InChI=1S/C14H20O2/c15-14(12-2-1-5-16-9-12)8-13-7-10-3-4-11(13)6-10/h9-11,13H,1-8H2. The van der Waals surface area contributed by atoms with Crippen LogP contribution in [-0.4, -0.2) is 12.4 Å². The van der Waals surface area contributed by atoms with Crippen LogP contribution in [0.15, 0.2) is 11.8 Å². The van der Waals surface area contributed by atoms with E-state index in [-0.39, 0.29) is 0 Å². The highest BCUT2D eigenvalue weighted by Gasteiger charge is 2.40. The molecule has 3 unspecified atom stereocenters. The molecule has 0 aromatic rings. The van der Waals surface area contributed by atoms with Crippen molar-refractivity contribution in [1.29, 1.82) is 0 Å². The average Bonchev–Trinajstić information content (AvgIpc) is 2.92. The molecule has 88 valence electrons. The van der Waals surface area contributed by atoms with Crippen LogP contribution in [0, 0.1) is 17.8 Å². The van der Waals surface area contributed by atoms with Crippen LogP contribution >= 0.6 is 0 Å². The molecule has 2 heteroatoms. The minimum absolute atomic E-state index is 0.359. The lowest BCUT2D eigenvalue weighted by Crippen LogP contribution is -2.17. The van der Waals surface area contributed by atoms with E-state index in [9.17, 15) is 4.79 Å². The minimum atomic E-state index is 0.359. The molecule has 0 aromatic carbocycles. The molecule has 2 saturated carbocycles. The van der Waals surface area contributed by atoms with Crippen molar-refractivity contribution in [2.75, 3.05) is 6.61 Å². The Morgan fingerprint density at radius 3 is 2.94 bits per heavy atom. The van der Waals surface area contributed by atoms with Gasteiger partial charge in [0.1, 0.15) is 0 Å². The molecule has 2 aliphatic carbocycles. The summed E-state index contributed by atoms with van der Waals surface area (Å²) in [5, 5.41) is 0. The number of hydrogen-bond donors (Lipinski definition) is 0. The second kappa shape index (κ2) is 4.23. The van der Waals surface area contributed by atoms with E-state index >= 15 is 0 Å². The second-order valence-electron chi connectivity index (χ2n) is 5.68. The van der Waals surface area contributed by atoms with Crippen LogP contribution in [-0.2, 0) is 9.53 Å². The van der Waals surface area contributed by atoms with E-state index in [1.54, 1.807) is 6.26 Å². The number of hydrogen-bond acceptors (Lipinski definition) is 2. The van der Waals surface area contributed by atoms with Crippen molar-refractivity contribution in [1.82, 2.24) is 0 Å². The summed E-state index contributed by atoms with van der Waals surface area (Å²) < 4.78 is 5.25. The third kappa shape index (κ3) is 1.90. The maximum absolute atomic E-state index is 12.1. The van der Waals surface area contributed by atoms with E-state index in [0.717, 1.165) is 43.3 Å². The summed E-state index contributed by atoms with van der Waals surface area (Å²) in [5.74, 6) is 2.85. The normalized spacial score (nSPS) is 37.0. The first-order valence-electron chi connectivity index (χ1n) is 6.67. The highest BCUT2D eigenvalue weighted by molar-refractivity contribution is 5.95. The van der Waals surface area contributed by atoms with Crippen molar-refractivity contribution in [2.45, 2.75) is 44.9 Å². The molecular weight excluding hydrogens is 200 g/mol. The second-order valence-corrected chi connectivity index (χ2v) is 5.68. The molecule has 3 aliphatic rings. The molecule has 3 rings (SSSR count). The van der Waals surface area contributed by atoms with Gasteiger partial charge >= 0.3 is 0 Å². The number of rotatable bonds is 3. The molecule has 2 bridgehead atoms. The summed E-state index contributed by atoms with van der Waals surface area (Å²) in [7, 11) is 0. The Bertz CT molecular complexity index is 319. The maximum Gasteiger partial charge on any atom is 0.162 e. The van der Waals surface area contributed by atoms with Crippen LogP contribution in [0.1, 0.15) is 44.9 Å². The van der Waals surface area contributed by atoms with Crippen molar-refractivity contribution in [3.8, 4) is 0 Å². The van der Waals surface area contributed by atoms with E-state index in [0.29, 0.717) is 11.7 Å². The topological polar surface area (TPSA) is 26.3 Å². The summed E-state index contributed by atoms with van der Waals surface area (Å²) in [6.07, 6.45) is 9.93. The fraction of sp³-hybridized carbons (Fsp3) is 0.786. The molecule has 0 amide bonds. The number of allylic oxidation sites excluding steroid dienone is 1. The Morgan fingerprint density at radius 2 is 2.31 bits per heavy atom. The molecule has 2 nitrogen and oxygen atoms in total. The van der Waals surface area contributed by atoms with Gasteiger partial charge in [-0.05, 0) is 49.9 Å². The number of ketones is 1.